The molecule has 1 aliphatic carbocycles. The lowest BCUT2D eigenvalue weighted by molar-refractivity contribution is 0.251. The fraction of sp³-hybridized carbons (Fsp3) is 1.00. The van der Waals surface area contributed by atoms with E-state index in [1.807, 2.05) is 0 Å². The van der Waals surface area contributed by atoms with Crippen molar-refractivity contribution in [3.05, 3.63) is 0 Å². The quantitative estimate of drug-likeness (QED) is 0.551. The molecule has 0 unspecified atom stereocenters. The second-order valence-electron chi connectivity index (χ2n) is 5.62. The molecule has 1 rings (SSSR count). The fourth-order valence-corrected chi connectivity index (χ4v) is 2.74. The maximum absolute atomic E-state index is 2.35. The maximum Gasteiger partial charge on any atom is -0.0414 e. The van der Waals surface area contributed by atoms with Gasteiger partial charge in [0, 0.05) is 0 Å². The van der Waals surface area contributed by atoms with E-state index in [-0.39, 0.29) is 7.43 Å². The van der Waals surface area contributed by atoms with Gasteiger partial charge >= 0.3 is 0 Å². The monoisotopic (exact) mass is 212 g/mol. The predicted molar refractivity (Wildman–Crippen MR) is 71.2 cm³/mol. The smallest absolute Gasteiger partial charge is 0.0414 e. The van der Waals surface area contributed by atoms with Crippen LogP contribution in [0.15, 0.2) is 0 Å². The molecular formula is C15H32. The first-order chi connectivity index (χ1) is 6.72. The summed E-state index contributed by atoms with van der Waals surface area (Å²) in [7, 11) is 0. The standard InChI is InChI=1S/C14H28.CH4/c1-4-13-8-10-14(11-9-13)7-5-6-12(2)3;/h12-14H,4-11H2,1-3H3;1H4. The highest BCUT2D eigenvalue weighted by atomic mass is 14.2. The van der Waals surface area contributed by atoms with E-state index in [2.05, 4.69) is 20.8 Å². The molecule has 0 atom stereocenters. The van der Waals surface area contributed by atoms with E-state index >= 15 is 0 Å². The molecule has 1 fully saturated rings. The normalized spacial score (nSPS) is 26.4. The van der Waals surface area contributed by atoms with Gasteiger partial charge in [0.05, 0.1) is 0 Å². The van der Waals surface area contributed by atoms with E-state index in [1.165, 1.54) is 51.4 Å². The van der Waals surface area contributed by atoms with Crippen LogP contribution in [-0.4, -0.2) is 0 Å². The molecule has 15 heavy (non-hydrogen) atoms. The van der Waals surface area contributed by atoms with Gasteiger partial charge in [0.25, 0.3) is 0 Å². The SMILES string of the molecule is C.CCC1CCC(CCCC(C)C)CC1. The molecule has 1 aliphatic rings. The highest BCUT2D eigenvalue weighted by Gasteiger charge is 2.19. The second kappa shape index (κ2) is 8.19. The Morgan fingerprint density at radius 3 is 2.00 bits per heavy atom. The van der Waals surface area contributed by atoms with E-state index in [0.717, 1.165) is 17.8 Å². The van der Waals surface area contributed by atoms with Crippen LogP contribution in [0, 0.1) is 17.8 Å². The summed E-state index contributed by atoms with van der Waals surface area (Å²) in [4.78, 5) is 0. The van der Waals surface area contributed by atoms with Crippen molar-refractivity contribution in [1.82, 2.24) is 0 Å². The van der Waals surface area contributed by atoms with Gasteiger partial charge in [-0.2, -0.15) is 0 Å². The van der Waals surface area contributed by atoms with Crippen LogP contribution < -0.4 is 0 Å². The van der Waals surface area contributed by atoms with Crippen molar-refractivity contribution in [3.63, 3.8) is 0 Å². The Bertz CT molecular complexity index is 129. The van der Waals surface area contributed by atoms with Crippen LogP contribution in [0.1, 0.15) is 79.6 Å². The third kappa shape index (κ3) is 6.22. The van der Waals surface area contributed by atoms with Crippen LogP contribution in [0.5, 0.6) is 0 Å². The van der Waals surface area contributed by atoms with Crippen LogP contribution in [0.25, 0.3) is 0 Å². The Kier molecular flexibility index (Phi) is 8.19. The summed E-state index contributed by atoms with van der Waals surface area (Å²) in [6.45, 7) is 7.03. The van der Waals surface area contributed by atoms with Crippen LogP contribution >= 0.6 is 0 Å². The molecule has 0 spiro atoms. The lowest BCUT2D eigenvalue weighted by Crippen LogP contribution is -2.13. The van der Waals surface area contributed by atoms with Crippen molar-refractivity contribution in [2.75, 3.05) is 0 Å². The van der Waals surface area contributed by atoms with Gasteiger partial charge in [-0.3, -0.25) is 0 Å². The predicted octanol–water partition coefficient (Wildman–Crippen LogP) is 5.67. The Morgan fingerprint density at radius 2 is 1.53 bits per heavy atom. The van der Waals surface area contributed by atoms with Crippen molar-refractivity contribution in [2.24, 2.45) is 17.8 Å². The summed E-state index contributed by atoms with van der Waals surface area (Å²) in [5.41, 5.74) is 0. The third-order valence-corrected chi connectivity index (χ3v) is 3.94. The van der Waals surface area contributed by atoms with Crippen molar-refractivity contribution in [2.45, 2.75) is 79.6 Å². The number of rotatable bonds is 5. The summed E-state index contributed by atoms with van der Waals surface area (Å²) in [5, 5.41) is 0. The number of hydrogen-bond acceptors (Lipinski definition) is 0. The molecule has 0 N–H and O–H groups in total. The van der Waals surface area contributed by atoms with Gasteiger partial charge in [0.15, 0.2) is 0 Å². The average molecular weight is 212 g/mol. The molecule has 0 nitrogen and oxygen atoms in total. The van der Waals surface area contributed by atoms with E-state index in [4.69, 9.17) is 0 Å². The molecule has 0 aromatic heterocycles. The van der Waals surface area contributed by atoms with Crippen molar-refractivity contribution >= 4 is 0 Å². The van der Waals surface area contributed by atoms with Crippen LogP contribution in [0.4, 0.5) is 0 Å². The summed E-state index contributed by atoms with van der Waals surface area (Å²) < 4.78 is 0. The van der Waals surface area contributed by atoms with E-state index in [9.17, 15) is 0 Å². The molecule has 92 valence electrons. The Balaban J connectivity index is 0.00000196. The van der Waals surface area contributed by atoms with E-state index < -0.39 is 0 Å². The Hall–Kier alpha value is 0. The summed E-state index contributed by atoms with van der Waals surface area (Å²) in [5.74, 6) is 3.05. The van der Waals surface area contributed by atoms with Crippen LogP contribution in [-0.2, 0) is 0 Å². The van der Waals surface area contributed by atoms with Gasteiger partial charge < -0.3 is 0 Å². The van der Waals surface area contributed by atoms with Crippen molar-refractivity contribution < 1.29 is 0 Å². The van der Waals surface area contributed by atoms with E-state index in [1.54, 1.807) is 0 Å². The lowest BCUT2D eigenvalue weighted by Gasteiger charge is -2.27. The van der Waals surface area contributed by atoms with Crippen molar-refractivity contribution in [3.8, 4) is 0 Å². The van der Waals surface area contributed by atoms with Crippen molar-refractivity contribution in [1.29, 1.82) is 0 Å². The zero-order chi connectivity index (χ0) is 10.4. The molecular weight excluding hydrogens is 180 g/mol. The first kappa shape index (κ1) is 15.0. The molecule has 1 saturated carbocycles. The van der Waals surface area contributed by atoms with Gasteiger partial charge in [0.1, 0.15) is 0 Å². The largest absolute Gasteiger partial charge is 0.0776 e. The zero-order valence-corrected chi connectivity index (χ0v) is 10.4. The van der Waals surface area contributed by atoms with Crippen LogP contribution in [0.3, 0.4) is 0 Å². The maximum atomic E-state index is 2.35. The minimum atomic E-state index is 0. The summed E-state index contributed by atoms with van der Waals surface area (Å²) in [6.07, 6.45) is 11.9. The Morgan fingerprint density at radius 1 is 1.00 bits per heavy atom. The molecule has 0 radical (unpaired) electrons. The minimum Gasteiger partial charge on any atom is -0.0776 e. The first-order valence-corrected chi connectivity index (χ1v) is 6.72. The molecule has 0 aromatic carbocycles. The van der Waals surface area contributed by atoms with Gasteiger partial charge in [-0.05, 0) is 17.8 Å². The average Bonchev–Trinajstić information content (AvgIpc) is 2.18. The van der Waals surface area contributed by atoms with Crippen LogP contribution in [0.2, 0.25) is 0 Å². The Labute approximate surface area is 97.8 Å². The first-order valence-electron chi connectivity index (χ1n) is 6.72. The van der Waals surface area contributed by atoms with Gasteiger partial charge in [-0.15, -0.1) is 0 Å². The molecule has 0 amide bonds. The molecule has 0 aliphatic heterocycles. The number of hydrogen-bond donors (Lipinski definition) is 0. The molecule has 0 saturated heterocycles. The lowest BCUT2D eigenvalue weighted by atomic mass is 9.78. The third-order valence-electron chi connectivity index (χ3n) is 3.94. The highest BCUT2D eigenvalue weighted by molar-refractivity contribution is 4.71. The summed E-state index contributed by atoms with van der Waals surface area (Å²) in [6, 6.07) is 0. The molecule has 0 heteroatoms. The molecule has 0 aromatic rings. The fourth-order valence-electron chi connectivity index (χ4n) is 2.74. The van der Waals surface area contributed by atoms with Gasteiger partial charge in [0.2, 0.25) is 0 Å². The minimum absolute atomic E-state index is 0. The topological polar surface area (TPSA) is 0 Å². The van der Waals surface area contributed by atoms with E-state index in [0.29, 0.717) is 0 Å². The van der Waals surface area contributed by atoms with Gasteiger partial charge in [-0.25, -0.2) is 0 Å². The molecule has 0 bridgehead atoms. The zero-order valence-electron chi connectivity index (χ0n) is 10.4. The highest BCUT2D eigenvalue weighted by Crippen LogP contribution is 2.33. The molecule has 0 heterocycles. The summed E-state index contributed by atoms with van der Waals surface area (Å²) >= 11 is 0. The second-order valence-corrected chi connectivity index (χ2v) is 5.62. The van der Waals surface area contributed by atoms with Gasteiger partial charge in [-0.1, -0.05) is 79.6 Å².